The average Bonchev–Trinajstić information content (AvgIpc) is 1.88. The van der Waals surface area contributed by atoms with Crippen molar-refractivity contribution < 1.29 is 4.84 Å². The van der Waals surface area contributed by atoms with E-state index in [1.165, 1.54) is 0 Å². The van der Waals surface area contributed by atoms with Gasteiger partial charge in [0, 0.05) is 11.9 Å². The molecular formula is C7H10N2O. The molecule has 0 aromatic carbocycles. The molecule has 1 heterocycles. The van der Waals surface area contributed by atoms with Crippen molar-refractivity contribution in [3.8, 4) is 0 Å². The summed E-state index contributed by atoms with van der Waals surface area (Å²) in [6, 6.07) is 3.81. The largest absolute Gasteiger partial charge is 0.300 e. The maximum atomic E-state index is 4.89. The fourth-order valence-electron chi connectivity index (χ4n) is 0.790. The van der Waals surface area contributed by atoms with Gasteiger partial charge in [-0.3, -0.25) is 9.82 Å². The highest BCUT2D eigenvalue weighted by atomic mass is 16.6. The van der Waals surface area contributed by atoms with Crippen LogP contribution in [0.25, 0.3) is 0 Å². The zero-order chi connectivity index (χ0) is 7.40. The van der Waals surface area contributed by atoms with Crippen molar-refractivity contribution in [2.75, 3.05) is 0 Å². The van der Waals surface area contributed by atoms with Crippen molar-refractivity contribution in [1.82, 2.24) is 4.98 Å². The zero-order valence-electron chi connectivity index (χ0n) is 5.87. The van der Waals surface area contributed by atoms with Crippen molar-refractivity contribution in [3.63, 3.8) is 0 Å². The summed E-state index contributed by atoms with van der Waals surface area (Å²) in [6.45, 7) is 2.38. The van der Waals surface area contributed by atoms with Crippen molar-refractivity contribution in [3.05, 3.63) is 29.6 Å². The number of hydrogen-bond donors (Lipinski definition) is 1. The molecule has 54 valence electrons. The molecule has 0 radical (unpaired) electrons. The van der Waals surface area contributed by atoms with Crippen molar-refractivity contribution in [2.24, 2.45) is 5.90 Å². The molecule has 3 nitrogen and oxygen atoms in total. The first-order valence-electron chi connectivity index (χ1n) is 3.06. The van der Waals surface area contributed by atoms with Crippen molar-refractivity contribution in [1.29, 1.82) is 0 Å². The van der Waals surface area contributed by atoms with Gasteiger partial charge in [0.1, 0.15) is 0 Å². The van der Waals surface area contributed by atoms with Crippen LogP contribution in [0.2, 0.25) is 0 Å². The Kier molecular flexibility index (Phi) is 2.36. The zero-order valence-corrected chi connectivity index (χ0v) is 5.87. The molecule has 1 rings (SSSR count). The van der Waals surface area contributed by atoms with Gasteiger partial charge in [0.15, 0.2) is 0 Å². The van der Waals surface area contributed by atoms with Gasteiger partial charge >= 0.3 is 0 Å². The summed E-state index contributed by atoms with van der Waals surface area (Å²) in [5.41, 5.74) is 2.03. The summed E-state index contributed by atoms with van der Waals surface area (Å²) >= 11 is 0. The topological polar surface area (TPSA) is 48.1 Å². The van der Waals surface area contributed by atoms with Crippen LogP contribution in [0.5, 0.6) is 0 Å². The van der Waals surface area contributed by atoms with Gasteiger partial charge in [-0.2, -0.15) is 0 Å². The smallest absolute Gasteiger partial charge is 0.0931 e. The summed E-state index contributed by atoms with van der Waals surface area (Å²) in [5.74, 6) is 4.89. The number of hydrogen-bond acceptors (Lipinski definition) is 3. The minimum atomic E-state index is 0.448. The molecule has 10 heavy (non-hydrogen) atoms. The van der Waals surface area contributed by atoms with E-state index in [-0.39, 0.29) is 0 Å². The minimum Gasteiger partial charge on any atom is -0.300 e. The molecule has 0 bridgehead atoms. The monoisotopic (exact) mass is 138 g/mol. The van der Waals surface area contributed by atoms with E-state index < -0.39 is 0 Å². The molecule has 0 fully saturated rings. The molecule has 3 heteroatoms. The van der Waals surface area contributed by atoms with E-state index >= 15 is 0 Å². The number of pyridine rings is 1. The van der Waals surface area contributed by atoms with Crippen molar-refractivity contribution in [2.45, 2.75) is 13.5 Å². The van der Waals surface area contributed by atoms with Gasteiger partial charge in [-0.15, -0.1) is 0 Å². The second kappa shape index (κ2) is 3.29. The Morgan fingerprint density at radius 3 is 3.10 bits per heavy atom. The molecule has 0 unspecified atom stereocenters. The van der Waals surface area contributed by atoms with E-state index in [1.807, 2.05) is 19.1 Å². The van der Waals surface area contributed by atoms with Crippen LogP contribution in [0.1, 0.15) is 11.3 Å². The fourth-order valence-corrected chi connectivity index (χ4v) is 0.790. The van der Waals surface area contributed by atoms with Crippen LogP contribution < -0.4 is 5.90 Å². The Labute approximate surface area is 59.8 Å². The minimum absolute atomic E-state index is 0.448. The molecule has 0 atom stereocenters. The van der Waals surface area contributed by atoms with E-state index in [1.54, 1.807) is 6.20 Å². The van der Waals surface area contributed by atoms with Gasteiger partial charge in [-0.05, 0) is 24.6 Å². The number of aromatic nitrogens is 1. The quantitative estimate of drug-likeness (QED) is 0.614. The highest BCUT2D eigenvalue weighted by Gasteiger charge is 1.90. The van der Waals surface area contributed by atoms with Crippen LogP contribution in [0, 0.1) is 6.92 Å². The van der Waals surface area contributed by atoms with Gasteiger partial charge in [-0.1, -0.05) is 0 Å². The highest BCUT2D eigenvalue weighted by Crippen LogP contribution is 2.00. The third-order valence-electron chi connectivity index (χ3n) is 1.21. The number of aryl methyl sites for hydroxylation is 1. The predicted octanol–water partition coefficient (Wildman–Crippen LogP) is 0.780. The molecule has 0 aliphatic heterocycles. The molecule has 0 spiro atoms. The summed E-state index contributed by atoms with van der Waals surface area (Å²) < 4.78 is 0. The van der Waals surface area contributed by atoms with Crippen LogP contribution in [0.3, 0.4) is 0 Å². The SMILES string of the molecule is Cc1cc(CON)ccn1. The molecular weight excluding hydrogens is 128 g/mol. The maximum Gasteiger partial charge on any atom is 0.0931 e. The molecule has 0 saturated heterocycles. The van der Waals surface area contributed by atoms with Crippen LogP contribution in [-0.4, -0.2) is 4.98 Å². The van der Waals surface area contributed by atoms with E-state index in [2.05, 4.69) is 9.82 Å². The second-order valence-corrected chi connectivity index (χ2v) is 2.12. The highest BCUT2D eigenvalue weighted by molar-refractivity contribution is 5.13. The Morgan fingerprint density at radius 1 is 1.70 bits per heavy atom. The van der Waals surface area contributed by atoms with Gasteiger partial charge < -0.3 is 0 Å². The number of nitrogens with two attached hydrogens (primary N) is 1. The van der Waals surface area contributed by atoms with Gasteiger partial charge in [0.05, 0.1) is 6.61 Å². The molecule has 1 aromatic heterocycles. The lowest BCUT2D eigenvalue weighted by atomic mass is 10.2. The Hall–Kier alpha value is -0.930. The van der Waals surface area contributed by atoms with E-state index in [0.29, 0.717) is 6.61 Å². The average molecular weight is 138 g/mol. The van der Waals surface area contributed by atoms with Crippen LogP contribution >= 0.6 is 0 Å². The van der Waals surface area contributed by atoms with Gasteiger partial charge in [0.2, 0.25) is 0 Å². The standard InChI is InChI=1S/C7H10N2O/c1-6-4-7(5-10-8)2-3-9-6/h2-4H,5,8H2,1H3. The first-order chi connectivity index (χ1) is 4.83. The lowest BCUT2D eigenvalue weighted by Gasteiger charge is -1.97. The number of rotatable bonds is 2. The van der Waals surface area contributed by atoms with Crippen LogP contribution in [-0.2, 0) is 11.4 Å². The first-order valence-corrected chi connectivity index (χ1v) is 3.06. The van der Waals surface area contributed by atoms with Gasteiger partial charge in [-0.25, -0.2) is 5.90 Å². The summed E-state index contributed by atoms with van der Waals surface area (Å²) in [7, 11) is 0. The van der Waals surface area contributed by atoms with Gasteiger partial charge in [0.25, 0.3) is 0 Å². The third kappa shape index (κ3) is 1.79. The lowest BCUT2D eigenvalue weighted by Crippen LogP contribution is -1.99. The molecule has 2 N–H and O–H groups in total. The summed E-state index contributed by atoms with van der Waals surface area (Å²) in [5, 5.41) is 0. The van der Waals surface area contributed by atoms with Crippen LogP contribution in [0.15, 0.2) is 18.3 Å². The Bertz CT molecular complexity index is 213. The third-order valence-corrected chi connectivity index (χ3v) is 1.21. The fraction of sp³-hybridized carbons (Fsp3) is 0.286. The maximum absolute atomic E-state index is 4.89. The summed E-state index contributed by atoms with van der Waals surface area (Å²) in [6.07, 6.45) is 1.74. The van der Waals surface area contributed by atoms with Crippen LogP contribution in [0.4, 0.5) is 0 Å². The summed E-state index contributed by atoms with van der Waals surface area (Å²) in [4.78, 5) is 8.48. The predicted molar refractivity (Wildman–Crippen MR) is 38.0 cm³/mol. The second-order valence-electron chi connectivity index (χ2n) is 2.12. The Balaban J connectivity index is 2.75. The molecule has 0 aliphatic rings. The number of nitrogens with zero attached hydrogens (tertiary/aromatic N) is 1. The lowest BCUT2D eigenvalue weighted by molar-refractivity contribution is 0.124. The molecule has 0 saturated carbocycles. The Morgan fingerprint density at radius 2 is 2.50 bits per heavy atom. The first kappa shape index (κ1) is 7.18. The molecule has 1 aromatic rings. The van der Waals surface area contributed by atoms with E-state index in [9.17, 15) is 0 Å². The molecule has 0 amide bonds. The normalized spacial score (nSPS) is 9.80. The van der Waals surface area contributed by atoms with E-state index in [0.717, 1.165) is 11.3 Å². The van der Waals surface area contributed by atoms with Crippen molar-refractivity contribution >= 4 is 0 Å². The van der Waals surface area contributed by atoms with E-state index in [4.69, 9.17) is 5.90 Å². The molecule has 0 aliphatic carbocycles.